The van der Waals surface area contributed by atoms with Crippen molar-refractivity contribution in [2.24, 2.45) is 5.73 Å². The van der Waals surface area contributed by atoms with Gasteiger partial charge in [-0.25, -0.2) is 4.79 Å². The van der Waals surface area contributed by atoms with Gasteiger partial charge in [0.25, 0.3) is 0 Å². The highest BCUT2D eigenvalue weighted by Gasteiger charge is 2.15. The van der Waals surface area contributed by atoms with Gasteiger partial charge in [-0.05, 0) is 0 Å². The van der Waals surface area contributed by atoms with Crippen molar-refractivity contribution in [1.82, 2.24) is 4.90 Å². The number of carbonyl (C=O) groups is 4. The Labute approximate surface area is 94.9 Å². The van der Waals surface area contributed by atoms with E-state index in [0.29, 0.717) is 0 Å². The molecule has 0 aliphatic heterocycles. The Balaban J connectivity index is 0. The lowest BCUT2D eigenvalue weighted by Gasteiger charge is -2.14. The van der Waals surface area contributed by atoms with Gasteiger partial charge in [0.15, 0.2) is 0 Å². The van der Waals surface area contributed by atoms with Gasteiger partial charge in [0.1, 0.15) is 0 Å². The Morgan fingerprint density at radius 3 is 1.06 bits per heavy atom. The van der Waals surface area contributed by atoms with E-state index in [1.165, 1.54) is 0 Å². The average molecular weight is 252 g/mol. The van der Waals surface area contributed by atoms with Crippen molar-refractivity contribution in [3.63, 3.8) is 0 Å². The van der Waals surface area contributed by atoms with E-state index in [1.54, 1.807) is 0 Å². The van der Waals surface area contributed by atoms with Gasteiger partial charge in [0.2, 0.25) is 0 Å². The molecule has 0 aromatic heterocycles. The topological polar surface area (TPSA) is 178 Å². The molecule has 10 nitrogen and oxygen atoms in total. The Bertz CT molecular complexity index is 260. The Morgan fingerprint density at radius 2 is 0.941 bits per heavy atom. The average Bonchev–Trinajstić information content (AvgIpc) is 1.96. The van der Waals surface area contributed by atoms with Crippen LogP contribution < -0.4 is 5.73 Å². The summed E-state index contributed by atoms with van der Waals surface area (Å²) in [5.41, 5.74) is 4.03. The van der Waals surface area contributed by atoms with Crippen molar-refractivity contribution < 1.29 is 39.6 Å². The fraction of sp³-hybridized carbons (Fsp3) is 0.429. The summed E-state index contributed by atoms with van der Waals surface area (Å²) in [6.45, 7) is -1.80. The second-order valence-electron chi connectivity index (χ2n) is 2.66. The van der Waals surface area contributed by atoms with E-state index in [2.05, 4.69) is 5.73 Å². The van der Waals surface area contributed by atoms with E-state index in [9.17, 15) is 14.4 Å². The molecule has 0 spiro atoms. The highest BCUT2D eigenvalue weighted by atomic mass is 16.4. The predicted molar refractivity (Wildman–Crippen MR) is 51.6 cm³/mol. The number of nitrogens with zero attached hydrogens (tertiary/aromatic N) is 1. The zero-order valence-corrected chi connectivity index (χ0v) is 8.57. The molecule has 17 heavy (non-hydrogen) atoms. The van der Waals surface area contributed by atoms with Crippen LogP contribution in [-0.2, 0) is 14.4 Å². The van der Waals surface area contributed by atoms with Gasteiger partial charge in [-0.15, -0.1) is 0 Å². The van der Waals surface area contributed by atoms with Gasteiger partial charge in [-0.1, -0.05) is 0 Å². The van der Waals surface area contributed by atoms with Gasteiger partial charge < -0.3 is 26.2 Å². The van der Waals surface area contributed by atoms with Gasteiger partial charge in [0, 0.05) is 0 Å². The largest absolute Gasteiger partial charge is 0.480 e. The monoisotopic (exact) mass is 252 g/mol. The lowest BCUT2D eigenvalue weighted by atomic mass is 10.4. The van der Waals surface area contributed by atoms with Crippen LogP contribution in [0.3, 0.4) is 0 Å². The normalized spacial score (nSPS) is 9.00. The van der Waals surface area contributed by atoms with E-state index in [4.69, 9.17) is 25.2 Å². The van der Waals surface area contributed by atoms with Crippen LogP contribution in [0.1, 0.15) is 0 Å². The van der Waals surface area contributed by atoms with Gasteiger partial charge in [-0.2, -0.15) is 0 Å². The van der Waals surface area contributed by atoms with Crippen LogP contribution in [-0.4, -0.2) is 69.0 Å². The summed E-state index contributed by atoms with van der Waals surface area (Å²) in [4.78, 5) is 40.0. The number of carboxylic acid groups (broad SMARTS) is 4. The molecule has 0 aliphatic carbocycles. The minimum absolute atomic E-state index is 0.599. The fourth-order valence-electron chi connectivity index (χ4n) is 0.742. The number of primary amides is 1. The highest BCUT2D eigenvalue weighted by molar-refractivity contribution is 5.75. The summed E-state index contributed by atoms with van der Waals surface area (Å²) in [7, 11) is 0. The summed E-state index contributed by atoms with van der Waals surface area (Å²) < 4.78 is 0. The second-order valence-corrected chi connectivity index (χ2v) is 2.66. The first kappa shape index (κ1) is 17.0. The standard InChI is InChI=1S/C6H9NO6.CH3NO2/c8-4(9)1-7(2-5(10)11)3-6(12)13;2-1(3)4/h1-3H2,(H,8,9)(H,10,11)(H,12,13);2H2,(H,3,4). The Hall–Kier alpha value is -2.36. The maximum absolute atomic E-state index is 10.1. The molecule has 0 aliphatic rings. The van der Waals surface area contributed by atoms with E-state index >= 15 is 0 Å². The van der Waals surface area contributed by atoms with Crippen molar-refractivity contribution in [3.05, 3.63) is 0 Å². The summed E-state index contributed by atoms with van der Waals surface area (Å²) in [5.74, 6) is -3.78. The fourth-order valence-corrected chi connectivity index (χ4v) is 0.742. The molecule has 0 atom stereocenters. The second kappa shape index (κ2) is 8.91. The lowest BCUT2D eigenvalue weighted by Crippen LogP contribution is -2.38. The molecule has 0 unspecified atom stereocenters. The van der Waals surface area contributed by atoms with E-state index in [1.807, 2.05) is 0 Å². The smallest absolute Gasteiger partial charge is 0.402 e. The molecule has 0 bridgehead atoms. The maximum Gasteiger partial charge on any atom is 0.402 e. The quantitative estimate of drug-likeness (QED) is 0.363. The highest BCUT2D eigenvalue weighted by Crippen LogP contribution is 1.87. The number of hydrogen-bond donors (Lipinski definition) is 5. The molecule has 0 fully saturated rings. The summed E-state index contributed by atoms with van der Waals surface area (Å²) in [6, 6.07) is 0. The molecule has 0 heterocycles. The Kier molecular flexibility index (Phi) is 8.93. The third-order valence-corrected chi connectivity index (χ3v) is 1.08. The predicted octanol–water partition coefficient (Wildman–Crippen LogP) is -1.83. The summed E-state index contributed by atoms with van der Waals surface area (Å²) in [5, 5.41) is 32.0. The molecule has 0 aromatic rings. The van der Waals surface area contributed by atoms with Crippen LogP contribution in [0, 0.1) is 0 Å². The zero-order chi connectivity index (χ0) is 14.0. The first-order chi connectivity index (χ1) is 7.65. The van der Waals surface area contributed by atoms with Crippen LogP contribution in [0.5, 0.6) is 0 Å². The molecule has 6 N–H and O–H groups in total. The van der Waals surface area contributed by atoms with Crippen LogP contribution in [0.15, 0.2) is 0 Å². The van der Waals surface area contributed by atoms with Crippen molar-refractivity contribution in [2.45, 2.75) is 0 Å². The molecule has 0 saturated heterocycles. The third-order valence-electron chi connectivity index (χ3n) is 1.08. The molecule has 0 radical (unpaired) electrons. The first-order valence-corrected chi connectivity index (χ1v) is 4.01. The molecular formula is C7H12N2O8. The van der Waals surface area contributed by atoms with Crippen molar-refractivity contribution in [3.8, 4) is 0 Å². The van der Waals surface area contributed by atoms with Crippen LogP contribution >= 0.6 is 0 Å². The molecular weight excluding hydrogens is 240 g/mol. The van der Waals surface area contributed by atoms with E-state index in [-0.39, 0.29) is 0 Å². The zero-order valence-electron chi connectivity index (χ0n) is 8.57. The Morgan fingerprint density at radius 1 is 0.765 bits per heavy atom. The van der Waals surface area contributed by atoms with E-state index < -0.39 is 43.6 Å². The molecule has 98 valence electrons. The summed E-state index contributed by atoms with van der Waals surface area (Å²) in [6.07, 6.45) is -1.33. The number of rotatable bonds is 6. The number of hydrogen-bond acceptors (Lipinski definition) is 5. The minimum atomic E-state index is -1.33. The molecule has 0 rings (SSSR count). The number of aliphatic carboxylic acids is 3. The van der Waals surface area contributed by atoms with Crippen molar-refractivity contribution in [2.75, 3.05) is 19.6 Å². The van der Waals surface area contributed by atoms with Crippen LogP contribution in [0.25, 0.3) is 0 Å². The SMILES string of the molecule is NC(=O)O.O=C(O)CN(CC(=O)O)CC(=O)O. The van der Waals surface area contributed by atoms with Gasteiger partial charge in [0.05, 0.1) is 19.6 Å². The van der Waals surface area contributed by atoms with Gasteiger partial charge >= 0.3 is 24.0 Å². The number of amides is 1. The molecule has 0 aromatic carbocycles. The van der Waals surface area contributed by atoms with Crippen molar-refractivity contribution in [1.29, 1.82) is 0 Å². The molecule has 10 heteroatoms. The number of carboxylic acids is 3. The van der Waals surface area contributed by atoms with Crippen LogP contribution in [0.4, 0.5) is 4.79 Å². The summed E-state index contributed by atoms with van der Waals surface area (Å²) >= 11 is 0. The van der Waals surface area contributed by atoms with E-state index in [0.717, 1.165) is 4.90 Å². The van der Waals surface area contributed by atoms with Crippen molar-refractivity contribution >= 4 is 24.0 Å². The third kappa shape index (κ3) is 19.9. The number of nitrogens with two attached hydrogens (primary N) is 1. The first-order valence-electron chi connectivity index (χ1n) is 4.01. The molecule has 0 saturated carbocycles. The van der Waals surface area contributed by atoms with Gasteiger partial charge in [-0.3, -0.25) is 19.3 Å². The lowest BCUT2D eigenvalue weighted by molar-refractivity contribution is -0.144. The molecule has 1 amide bonds. The minimum Gasteiger partial charge on any atom is -0.480 e. The van der Waals surface area contributed by atoms with Crippen LogP contribution in [0.2, 0.25) is 0 Å². The maximum atomic E-state index is 10.1.